The lowest BCUT2D eigenvalue weighted by molar-refractivity contribution is -0.242. The first-order valence-corrected chi connectivity index (χ1v) is 13.3. The lowest BCUT2D eigenvalue weighted by atomic mass is 9.89. The Hall–Kier alpha value is -3.02. The summed E-state index contributed by atoms with van der Waals surface area (Å²) in [5.41, 5.74) is 2.82. The molecule has 0 saturated carbocycles. The van der Waals surface area contributed by atoms with Gasteiger partial charge in [-0.15, -0.1) is 11.3 Å². The van der Waals surface area contributed by atoms with Gasteiger partial charge in [-0.1, -0.05) is 18.2 Å². The van der Waals surface area contributed by atoms with Crippen LogP contribution in [0.3, 0.4) is 0 Å². The summed E-state index contributed by atoms with van der Waals surface area (Å²) in [7, 11) is 0. The van der Waals surface area contributed by atoms with Crippen molar-refractivity contribution in [1.29, 1.82) is 0 Å². The molecule has 192 valence electrons. The number of hydrogen-bond donors (Lipinski definition) is 2. The summed E-state index contributed by atoms with van der Waals surface area (Å²) in [6.07, 6.45) is 2.29. The summed E-state index contributed by atoms with van der Waals surface area (Å²) in [5.74, 6) is -0.332. The zero-order valence-electron chi connectivity index (χ0n) is 20.6. The molecule has 10 nitrogen and oxygen atoms in total. The van der Waals surface area contributed by atoms with Crippen LogP contribution in [0.15, 0.2) is 24.3 Å². The highest BCUT2D eigenvalue weighted by Gasteiger charge is 2.56. The molecule has 5 amide bonds. The number of imide groups is 1. The number of nitrogens with zero attached hydrogens (tertiary/aromatic N) is 3. The first-order chi connectivity index (χ1) is 17.2. The van der Waals surface area contributed by atoms with Crippen LogP contribution in [0.5, 0.6) is 0 Å². The third-order valence-corrected chi connectivity index (χ3v) is 8.51. The standard InChI is InChI=1S/C25H31N5O5S/c1-15(2)30-22(32)25(35-24(30)34)10-5-11-29(14-25)16-8-12-28(13-9-16)21(31)19-17-6-3-4-7-18(17)36-20(19)27-23(26)33/h3-4,6-7,15-16H,5,8-14H2,1-2H3,(H3,26,27,33)/p+1. The zero-order valence-corrected chi connectivity index (χ0v) is 21.4. The monoisotopic (exact) mass is 514 g/mol. The van der Waals surface area contributed by atoms with E-state index in [1.807, 2.05) is 43.0 Å². The van der Waals surface area contributed by atoms with Gasteiger partial charge in [0.1, 0.15) is 5.00 Å². The van der Waals surface area contributed by atoms with Crippen LogP contribution in [0.1, 0.15) is 49.9 Å². The lowest BCUT2D eigenvalue weighted by Crippen LogP contribution is -2.59. The molecule has 3 fully saturated rings. The molecule has 0 radical (unpaired) electrons. The first kappa shape index (κ1) is 24.7. The number of urea groups is 1. The van der Waals surface area contributed by atoms with Crippen molar-refractivity contribution in [3.63, 3.8) is 0 Å². The van der Waals surface area contributed by atoms with E-state index in [0.717, 1.165) is 35.9 Å². The van der Waals surface area contributed by atoms with Gasteiger partial charge in [0.15, 0.2) is 0 Å². The van der Waals surface area contributed by atoms with Crippen molar-refractivity contribution in [3.8, 4) is 0 Å². The molecule has 3 saturated heterocycles. The van der Waals surface area contributed by atoms with E-state index in [9.17, 15) is 19.2 Å². The summed E-state index contributed by atoms with van der Waals surface area (Å²) in [6, 6.07) is 7.14. The van der Waals surface area contributed by atoms with Crippen molar-refractivity contribution in [2.24, 2.45) is 0 Å². The summed E-state index contributed by atoms with van der Waals surface area (Å²) in [6.45, 7) is 6.00. The van der Waals surface area contributed by atoms with E-state index in [-0.39, 0.29) is 23.9 Å². The molecular weight excluding hydrogens is 482 g/mol. The van der Waals surface area contributed by atoms with Crippen molar-refractivity contribution in [2.75, 3.05) is 31.5 Å². The Morgan fingerprint density at radius 3 is 2.56 bits per heavy atom. The molecule has 1 atom stereocenters. The molecule has 0 aliphatic carbocycles. The minimum atomic E-state index is -1.09. The first-order valence-electron chi connectivity index (χ1n) is 12.4. The fraction of sp³-hybridized carbons (Fsp3) is 0.520. The smallest absolute Gasteiger partial charge is 0.418 e. The number of likely N-dealkylation sites (tertiary alicyclic amines) is 2. The Bertz CT molecular complexity index is 1220. The maximum atomic E-state index is 13.6. The number of ether oxygens (including phenoxy) is 1. The molecule has 11 heteroatoms. The number of quaternary nitrogens is 1. The molecule has 1 aromatic carbocycles. The van der Waals surface area contributed by atoms with Crippen molar-refractivity contribution < 1.29 is 29.6 Å². The van der Waals surface area contributed by atoms with Gasteiger partial charge in [-0.25, -0.2) is 14.5 Å². The number of piperidine rings is 2. The predicted molar refractivity (Wildman–Crippen MR) is 135 cm³/mol. The number of hydrogen-bond acceptors (Lipinski definition) is 7. The van der Waals surface area contributed by atoms with E-state index >= 15 is 0 Å². The zero-order chi connectivity index (χ0) is 25.6. The third-order valence-electron chi connectivity index (χ3n) is 7.42. The molecule has 1 spiro atoms. The number of amides is 5. The van der Waals surface area contributed by atoms with Crippen LogP contribution in [0.4, 0.5) is 14.6 Å². The number of anilines is 1. The minimum Gasteiger partial charge on any atom is -0.431 e. The van der Waals surface area contributed by atoms with Crippen molar-refractivity contribution in [2.45, 2.75) is 57.2 Å². The van der Waals surface area contributed by atoms with E-state index in [0.29, 0.717) is 36.6 Å². The van der Waals surface area contributed by atoms with Gasteiger partial charge in [0, 0.05) is 41.8 Å². The summed E-state index contributed by atoms with van der Waals surface area (Å²) < 4.78 is 6.62. The fourth-order valence-corrected chi connectivity index (χ4v) is 6.81. The van der Waals surface area contributed by atoms with Gasteiger partial charge in [0.25, 0.3) is 11.8 Å². The van der Waals surface area contributed by atoms with E-state index in [1.54, 1.807) is 0 Å². The number of nitrogens with one attached hydrogen (secondary N) is 1. The van der Waals surface area contributed by atoms with Gasteiger partial charge in [-0.05, 0) is 52.1 Å². The maximum absolute atomic E-state index is 13.6. The molecule has 4 N–H and O–H groups in total. The van der Waals surface area contributed by atoms with E-state index in [4.69, 9.17) is 4.74 Å². The molecule has 1 unspecified atom stereocenters. The topological polar surface area (TPSA) is 127 Å². The summed E-state index contributed by atoms with van der Waals surface area (Å²) in [5, 5.41) is 4.08. The largest absolute Gasteiger partial charge is 0.431 e. The second kappa shape index (κ2) is 9.45. The Morgan fingerprint density at radius 2 is 1.89 bits per heavy atom. The molecule has 2 aromatic rings. The Labute approximate surface area is 213 Å². The Kier molecular flexibility index (Phi) is 6.48. The van der Waals surface area contributed by atoms with E-state index in [1.165, 1.54) is 16.2 Å². The fourth-order valence-electron chi connectivity index (χ4n) is 5.70. The molecule has 1 aromatic heterocycles. The van der Waals surface area contributed by atoms with Crippen LogP contribution < -0.4 is 11.1 Å². The van der Waals surface area contributed by atoms with Crippen molar-refractivity contribution in [1.82, 2.24) is 14.7 Å². The lowest BCUT2D eigenvalue weighted by Gasteiger charge is -2.44. The highest BCUT2D eigenvalue weighted by atomic mass is 32.1. The number of rotatable bonds is 4. The Balaban J connectivity index is 1.28. The third kappa shape index (κ3) is 4.25. The molecule has 3 aliphatic heterocycles. The van der Waals surface area contributed by atoms with Gasteiger partial charge >= 0.3 is 12.1 Å². The van der Waals surface area contributed by atoms with Crippen LogP contribution in [0.2, 0.25) is 0 Å². The average molecular weight is 515 g/mol. The van der Waals surface area contributed by atoms with Crippen molar-refractivity contribution >= 4 is 50.4 Å². The SMILES string of the molecule is CC(C)N1C(=O)OC2(CCCN(C3CCN(C(=O)c4c(NC([NH3+])=O)sc5ccccc45)CC3)C2)C1=O. The molecule has 0 bridgehead atoms. The van der Waals surface area contributed by atoms with Crippen LogP contribution >= 0.6 is 11.3 Å². The highest BCUT2D eigenvalue weighted by Crippen LogP contribution is 2.38. The number of fused-ring (bicyclic) bond motifs is 1. The molecule has 4 heterocycles. The predicted octanol–water partition coefficient (Wildman–Crippen LogP) is 2.50. The van der Waals surface area contributed by atoms with Gasteiger partial charge < -0.3 is 9.64 Å². The van der Waals surface area contributed by atoms with Crippen LogP contribution in [0.25, 0.3) is 10.1 Å². The number of carbonyl (C=O) groups is 4. The van der Waals surface area contributed by atoms with Crippen LogP contribution in [-0.4, -0.2) is 82.5 Å². The molecule has 3 aliphatic rings. The molecule has 5 rings (SSSR count). The van der Waals surface area contributed by atoms with E-state index < -0.39 is 17.7 Å². The second-order valence-electron chi connectivity index (χ2n) is 10.1. The van der Waals surface area contributed by atoms with Crippen LogP contribution in [-0.2, 0) is 9.53 Å². The average Bonchev–Trinajstić information content (AvgIpc) is 3.31. The second-order valence-corrected chi connectivity index (χ2v) is 11.1. The minimum absolute atomic E-state index is 0.0998. The Morgan fingerprint density at radius 1 is 1.17 bits per heavy atom. The number of benzene rings is 1. The van der Waals surface area contributed by atoms with Crippen molar-refractivity contribution in [3.05, 3.63) is 29.8 Å². The van der Waals surface area contributed by atoms with Gasteiger partial charge in [0.05, 0.1) is 5.56 Å². The molecule has 36 heavy (non-hydrogen) atoms. The van der Waals surface area contributed by atoms with Gasteiger partial charge in [-0.2, -0.15) is 0 Å². The summed E-state index contributed by atoms with van der Waals surface area (Å²) in [4.78, 5) is 56.1. The number of thiophene rings is 1. The normalized spacial score (nSPS) is 23.7. The quantitative estimate of drug-likeness (QED) is 0.646. The van der Waals surface area contributed by atoms with Gasteiger partial charge in [-0.3, -0.25) is 25.5 Å². The highest BCUT2D eigenvalue weighted by molar-refractivity contribution is 7.23. The van der Waals surface area contributed by atoms with E-state index in [2.05, 4.69) is 16.0 Å². The van der Waals surface area contributed by atoms with Crippen LogP contribution in [0, 0.1) is 0 Å². The van der Waals surface area contributed by atoms with Gasteiger partial charge in [0.2, 0.25) is 5.60 Å². The summed E-state index contributed by atoms with van der Waals surface area (Å²) >= 11 is 1.38. The maximum Gasteiger partial charge on any atom is 0.418 e. The number of carbonyl (C=O) groups excluding carboxylic acids is 4. The molecular formula is C25H32N5O5S+.